The van der Waals surface area contributed by atoms with Crippen LogP contribution in [0.4, 0.5) is 18.0 Å². The maximum absolute atomic E-state index is 14.3. The number of likely N-dealkylation sites (tertiary alicyclic amines) is 1. The van der Waals surface area contributed by atoms with Gasteiger partial charge in [-0.05, 0) is 68.3 Å². The van der Waals surface area contributed by atoms with Crippen LogP contribution >= 0.6 is 0 Å². The van der Waals surface area contributed by atoms with Crippen molar-refractivity contribution in [3.05, 3.63) is 53.6 Å². The van der Waals surface area contributed by atoms with Gasteiger partial charge in [0.1, 0.15) is 6.33 Å². The number of carbonyl (C=O) groups is 2. The van der Waals surface area contributed by atoms with E-state index in [1.807, 2.05) is 6.92 Å². The van der Waals surface area contributed by atoms with Crippen molar-refractivity contribution in [1.29, 1.82) is 0 Å². The predicted octanol–water partition coefficient (Wildman–Crippen LogP) is 3.57. The first kappa shape index (κ1) is 29.5. The van der Waals surface area contributed by atoms with Crippen LogP contribution < -0.4 is 5.32 Å². The van der Waals surface area contributed by atoms with Crippen LogP contribution in [0.25, 0.3) is 0 Å². The summed E-state index contributed by atoms with van der Waals surface area (Å²) in [5.74, 6) is -0.130. The van der Waals surface area contributed by atoms with Crippen molar-refractivity contribution in [2.75, 3.05) is 46.5 Å². The highest BCUT2D eigenvalue weighted by Crippen LogP contribution is 2.50. The summed E-state index contributed by atoms with van der Waals surface area (Å²) in [5, 5.41) is 3.58. The lowest BCUT2D eigenvalue weighted by atomic mass is 9.78. The molecule has 1 aromatic carbocycles. The fraction of sp³-hybridized carbons (Fsp3) is 0.621. The highest BCUT2D eigenvalue weighted by Gasteiger charge is 2.59. The number of benzene rings is 1. The monoisotopic (exact) mass is 577 g/mol. The molecule has 4 atom stereocenters. The Hall–Kier alpha value is -2.96. The summed E-state index contributed by atoms with van der Waals surface area (Å²) >= 11 is 0. The van der Waals surface area contributed by atoms with E-state index in [2.05, 4.69) is 10.3 Å². The molecule has 5 rings (SSSR count). The number of nitrogens with one attached hydrogen (secondary N) is 1. The lowest BCUT2D eigenvalue weighted by Crippen LogP contribution is -2.49. The molecule has 1 aliphatic carbocycles. The lowest BCUT2D eigenvalue weighted by molar-refractivity contribution is -0.143. The first-order valence-corrected chi connectivity index (χ1v) is 14.2. The van der Waals surface area contributed by atoms with E-state index in [1.165, 1.54) is 29.2 Å². The van der Waals surface area contributed by atoms with Gasteiger partial charge in [-0.3, -0.25) is 9.36 Å². The number of halogens is 3. The van der Waals surface area contributed by atoms with Gasteiger partial charge >= 0.3 is 12.2 Å². The molecule has 2 aliphatic heterocycles. The molecule has 2 amide bonds. The number of hydrogen-bond donors (Lipinski definition) is 1. The van der Waals surface area contributed by atoms with Gasteiger partial charge in [0.25, 0.3) is 0 Å². The van der Waals surface area contributed by atoms with Crippen molar-refractivity contribution in [1.82, 2.24) is 24.7 Å². The zero-order chi connectivity index (χ0) is 29.2. The first-order valence-electron chi connectivity index (χ1n) is 14.2. The molecule has 3 aliphatic rings. The molecule has 1 saturated heterocycles. The molecular formula is C29H38F3N5O4. The molecule has 12 heteroatoms. The Morgan fingerprint density at radius 3 is 2.80 bits per heavy atom. The molecule has 224 valence electrons. The molecule has 41 heavy (non-hydrogen) atoms. The van der Waals surface area contributed by atoms with Gasteiger partial charge in [0.15, 0.2) is 0 Å². The summed E-state index contributed by atoms with van der Waals surface area (Å²) in [4.78, 5) is 34.9. The fourth-order valence-corrected chi connectivity index (χ4v) is 6.56. The van der Waals surface area contributed by atoms with Crippen LogP contribution in [0.3, 0.4) is 0 Å². The molecule has 2 aromatic rings. The van der Waals surface area contributed by atoms with Gasteiger partial charge in [-0.15, -0.1) is 0 Å². The van der Waals surface area contributed by atoms with Crippen LogP contribution in [0, 0.1) is 11.3 Å². The molecule has 0 spiro atoms. The maximum atomic E-state index is 14.3. The number of imidazole rings is 1. The second-order valence-corrected chi connectivity index (χ2v) is 11.5. The standard InChI is InChI=1S/C29H38F3N5O4/c1-20(40-2)17-41-11-3-7-34-25-13-24-16-37(27(39)36-10-8-33-19-36)18-28(24,14-25)26(38)35-9-6-21-4-5-23(29(30,31)32)12-22(21)15-35/h4-5,8,10,12,19-20,24-25,34H,3,6-7,9,11,13-18H2,1-2H3/t20?,24-,25+,28-/m0/s1. The van der Waals surface area contributed by atoms with Gasteiger partial charge in [0.2, 0.25) is 5.91 Å². The van der Waals surface area contributed by atoms with Gasteiger partial charge in [-0.1, -0.05) is 6.07 Å². The predicted molar refractivity (Wildman–Crippen MR) is 144 cm³/mol. The minimum atomic E-state index is -4.44. The third kappa shape index (κ3) is 6.29. The molecule has 1 unspecified atom stereocenters. The largest absolute Gasteiger partial charge is 0.416 e. The van der Waals surface area contributed by atoms with Crippen LogP contribution in [-0.2, 0) is 33.4 Å². The number of fused-ring (bicyclic) bond motifs is 2. The van der Waals surface area contributed by atoms with Crippen molar-refractivity contribution in [3.63, 3.8) is 0 Å². The lowest BCUT2D eigenvalue weighted by Gasteiger charge is -2.37. The van der Waals surface area contributed by atoms with Crippen molar-refractivity contribution >= 4 is 11.9 Å². The van der Waals surface area contributed by atoms with Crippen LogP contribution in [-0.4, -0.2) is 89.9 Å². The average molecular weight is 578 g/mol. The number of nitrogens with zero attached hydrogens (tertiary/aromatic N) is 4. The Morgan fingerprint density at radius 1 is 1.24 bits per heavy atom. The number of amides is 2. The molecule has 0 radical (unpaired) electrons. The second-order valence-electron chi connectivity index (χ2n) is 11.5. The van der Waals surface area contributed by atoms with Gasteiger partial charge in [-0.25, -0.2) is 9.78 Å². The van der Waals surface area contributed by atoms with E-state index in [0.29, 0.717) is 44.7 Å². The third-order valence-electron chi connectivity index (χ3n) is 8.78. The summed E-state index contributed by atoms with van der Waals surface area (Å²) < 4.78 is 52.4. The summed E-state index contributed by atoms with van der Waals surface area (Å²) in [6, 6.07) is 3.67. The Morgan fingerprint density at radius 2 is 2.07 bits per heavy atom. The van der Waals surface area contributed by atoms with Gasteiger partial charge < -0.3 is 24.6 Å². The zero-order valence-electron chi connectivity index (χ0n) is 23.5. The molecule has 1 N–H and O–H groups in total. The number of aromatic nitrogens is 2. The molecule has 1 aromatic heterocycles. The number of methoxy groups -OCH3 is 1. The van der Waals surface area contributed by atoms with E-state index >= 15 is 0 Å². The number of rotatable bonds is 9. The molecule has 9 nitrogen and oxygen atoms in total. The van der Waals surface area contributed by atoms with E-state index in [0.717, 1.165) is 31.0 Å². The Labute approximate surface area is 238 Å². The van der Waals surface area contributed by atoms with E-state index < -0.39 is 17.2 Å². The van der Waals surface area contributed by atoms with Crippen LogP contribution in [0.5, 0.6) is 0 Å². The molecule has 0 bridgehead atoms. The quantitative estimate of drug-likeness (QED) is 0.459. The SMILES string of the molecule is COC(C)COCCCN[C@@H]1C[C@H]2CN(C(=O)n3ccnc3)C[C@@]2(C(=O)N2CCc3ccc(C(F)(F)F)cc3C2)C1. The number of alkyl halides is 3. The fourth-order valence-electron chi connectivity index (χ4n) is 6.56. The van der Waals surface area contributed by atoms with E-state index in [1.54, 1.807) is 23.1 Å². The highest BCUT2D eigenvalue weighted by molar-refractivity contribution is 5.87. The maximum Gasteiger partial charge on any atom is 0.416 e. The van der Waals surface area contributed by atoms with Crippen molar-refractivity contribution in [2.24, 2.45) is 11.3 Å². The van der Waals surface area contributed by atoms with Gasteiger partial charge in [-0.2, -0.15) is 13.2 Å². The van der Waals surface area contributed by atoms with E-state index in [4.69, 9.17) is 9.47 Å². The van der Waals surface area contributed by atoms with Crippen molar-refractivity contribution in [3.8, 4) is 0 Å². The van der Waals surface area contributed by atoms with Crippen molar-refractivity contribution in [2.45, 2.75) is 57.5 Å². The average Bonchev–Trinajstić information content (AvgIpc) is 3.69. The van der Waals surface area contributed by atoms with Crippen molar-refractivity contribution < 1.29 is 32.2 Å². The summed E-state index contributed by atoms with van der Waals surface area (Å²) in [6.07, 6.45) is 2.79. The second kappa shape index (κ2) is 12.1. The minimum Gasteiger partial charge on any atom is -0.379 e. The van der Waals surface area contributed by atoms with Gasteiger partial charge in [0, 0.05) is 58.3 Å². The molecule has 1 saturated carbocycles. The summed E-state index contributed by atoms with van der Waals surface area (Å²) in [6.45, 7) is 5.11. The molecule has 3 heterocycles. The van der Waals surface area contributed by atoms with Gasteiger partial charge in [0.05, 0.1) is 23.7 Å². The molecule has 2 fully saturated rings. The Bertz CT molecular complexity index is 1220. The van der Waals surface area contributed by atoms with Crippen LogP contribution in [0.15, 0.2) is 36.9 Å². The third-order valence-corrected chi connectivity index (χ3v) is 8.78. The van der Waals surface area contributed by atoms with Crippen LogP contribution in [0.1, 0.15) is 42.9 Å². The zero-order valence-corrected chi connectivity index (χ0v) is 23.5. The minimum absolute atomic E-state index is 0.0396. The topological polar surface area (TPSA) is 88.9 Å². The number of carbonyl (C=O) groups excluding carboxylic acids is 2. The number of hydrogen-bond acceptors (Lipinski definition) is 6. The first-order chi connectivity index (χ1) is 19.6. The van der Waals surface area contributed by atoms with E-state index in [9.17, 15) is 22.8 Å². The normalized spacial score (nSPS) is 24.8. The summed E-state index contributed by atoms with van der Waals surface area (Å²) in [5.41, 5.74) is -0.123. The van der Waals surface area contributed by atoms with E-state index in [-0.39, 0.29) is 43.1 Å². The van der Waals surface area contributed by atoms with Crippen LogP contribution in [0.2, 0.25) is 0 Å². The summed E-state index contributed by atoms with van der Waals surface area (Å²) in [7, 11) is 1.65. The smallest absolute Gasteiger partial charge is 0.379 e. The molecular weight excluding hydrogens is 539 g/mol. The number of ether oxygens (including phenoxy) is 2. The Balaban J connectivity index is 1.28. The highest BCUT2D eigenvalue weighted by atomic mass is 19.4. The Kier molecular flexibility index (Phi) is 8.72.